The van der Waals surface area contributed by atoms with E-state index in [-0.39, 0.29) is 12.5 Å². The smallest absolute Gasteiger partial charge is 0.251 e. The van der Waals surface area contributed by atoms with Crippen molar-refractivity contribution in [3.05, 3.63) is 23.8 Å². The molecule has 0 bridgehead atoms. The minimum Gasteiger partial charge on any atom is -0.486 e. The van der Waals surface area contributed by atoms with Crippen molar-refractivity contribution in [1.82, 2.24) is 5.32 Å². The molecule has 1 aromatic rings. The second-order valence-corrected chi connectivity index (χ2v) is 4.85. The van der Waals surface area contributed by atoms with Gasteiger partial charge >= 0.3 is 0 Å². The quantitative estimate of drug-likeness (QED) is 0.839. The molecule has 5 heteroatoms. The number of nitrogens with one attached hydrogen (secondary N) is 1. The summed E-state index contributed by atoms with van der Waals surface area (Å²) < 4.78 is 10.8. The van der Waals surface area contributed by atoms with Crippen molar-refractivity contribution in [1.29, 1.82) is 0 Å². The summed E-state index contributed by atoms with van der Waals surface area (Å²) in [5.74, 6) is 0.987. The van der Waals surface area contributed by atoms with E-state index in [4.69, 9.17) is 14.6 Å². The molecule has 18 heavy (non-hydrogen) atoms. The minimum absolute atomic E-state index is 0.122. The summed E-state index contributed by atoms with van der Waals surface area (Å²) in [7, 11) is 0. The van der Waals surface area contributed by atoms with Gasteiger partial charge in [0.15, 0.2) is 11.5 Å². The molecule has 0 unspecified atom stereocenters. The third-order valence-electron chi connectivity index (χ3n) is 2.65. The number of carbonyl (C=O) groups is 1. The van der Waals surface area contributed by atoms with Crippen molar-refractivity contribution in [2.24, 2.45) is 0 Å². The Morgan fingerprint density at radius 2 is 2.00 bits per heavy atom. The number of hydrogen-bond acceptors (Lipinski definition) is 4. The molecule has 2 N–H and O–H groups in total. The van der Waals surface area contributed by atoms with Gasteiger partial charge in [-0.05, 0) is 32.0 Å². The van der Waals surface area contributed by atoms with Gasteiger partial charge in [0, 0.05) is 5.56 Å². The Bertz CT molecular complexity index is 456. The van der Waals surface area contributed by atoms with Crippen molar-refractivity contribution < 1.29 is 19.4 Å². The standard InChI is InChI=1S/C13H17NO4/c1-13(2,8-15)14-12(16)9-3-4-10-11(7-9)18-6-5-17-10/h3-4,7,15H,5-6,8H2,1-2H3,(H,14,16). The van der Waals surface area contributed by atoms with Gasteiger partial charge in [-0.1, -0.05) is 0 Å². The van der Waals surface area contributed by atoms with Crippen LogP contribution in [0.3, 0.4) is 0 Å². The Hall–Kier alpha value is -1.75. The maximum Gasteiger partial charge on any atom is 0.251 e. The zero-order chi connectivity index (χ0) is 13.2. The Morgan fingerprint density at radius 1 is 1.33 bits per heavy atom. The minimum atomic E-state index is -0.648. The first-order valence-corrected chi connectivity index (χ1v) is 5.85. The summed E-state index contributed by atoms with van der Waals surface area (Å²) in [5.41, 5.74) is -0.162. The zero-order valence-electron chi connectivity index (χ0n) is 10.5. The maximum absolute atomic E-state index is 12.0. The number of aliphatic hydroxyl groups is 1. The number of carbonyl (C=O) groups excluding carboxylic acids is 1. The molecule has 0 radical (unpaired) electrons. The van der Waals surface area contributed by atoms with Crippen LogP contribution in [0, 0.1) is 0 Å². The van der Waals surface area contributed by atoms with E-state index in [9.17, 15) is 4.79 Å². The summed E-state index contributed by atoms with van der Waals surface area (Å²) in [6.07, 6.45) is 0. The van der Waals surface area contributed by atoms with Crippen LogP contribution in [0.5, 0.6) is 11.5 Å². The number of ether oxygens (including phenoxy) is 2. The highest BCUT2D eigenvalue weighted by Crippen LogP contribution is 2.30. The van der Waals surface area contributed by atoms with Crippen LogP contribution in [0.15, 0.2) is 18.2 Å². The molecule has 0 atom stereocenters. The largest absolute Gasteiger partial charge is 0.486 e. The molecule has 5 nitrogen and oxygen atoms in total. The highest BCUT2D eigenvalue weighted by molar-refractivity contribution is 5.95. The Balaban J connectivity index is 2.16. The van der Waals surface area contributed by atoms with Crippen molar-refractivity contribution in [3.63, 3.8) is 0 Å². The van der Waals surface area contributed by atoms with Crippen LogP contribution in [0.4, 0.5) is 0 Å². The molecule has 1 aliphatic heterocycles. The van der Waals surface area contributed by atoms with Crippen LogP contribution < -0.4 is 14.8 Å². The average Bonchev–Trinajstić information content (AvgIpc) is 2.37. The highest BCUT2D eigenvalue weighted by Gasteiger charge is 2.21. The molecule has 1 aliphatic rings. The molecule has 0 aromatic heterocycles. The van der Waals surface area contributed by atoms with E-state index in [1.54, 1.807) is 32.0 Å². The summed E-state index contributed by atoms with van der Waals surface area (Å²) in [6, 6.07) is 5.04. The molecule has 0 fully saturated rings. The van der Waals surface area contributed by atoms with E-state index >= 15 is 0 Å². The van der Waals surface area contributed by atoms with Gasteiger partial charge in [0.05, 0.1) is 12.1 Å². The molecule has 0 spiro atoms. The van der Waals surface area contributed by atoms with Gasteiger partial charge < -0.3 is 19.9 Å². The van der Waals surface area contributed by atoms with Crippen molar-refractivity contribution in [3.8, 4) is 11.5 Å². The second-order valence-electron chi connectivity index (χ2n) is 4.85. The Morgan fingerprint density at radius 3 is 2.67 bits per heavy atom. The predicted molar refractivity (Wildman–Crippen MR) is 66.1 cm³/mol. The van der Waals surface area contributed by atoms with Crippen LogP contribution in [0.1, 0.15) is 24.2 Å². The first kappa shape index (κ1) is 12.7. The fourth-order valence-corrected chi connectivity index (χ4v) is 1.60. The maximum atomic E-state index is 12.0. The molecular formula is C13H17NO4. The monoisotopic (exact) mass is 251 g/mol. The lowest BCUT2D eigenvalue weighted by Gasteiger charge is -2.24. The number of hydrogen-bond donors (Lipinski definition) is 2. The number of rotatable bonds is 3. The summed E-state index contributed by atoms with van der Waals surface area (Å²) in [6.45, 7) is 4.39. The molecule has 0 saturated carbocycles. The lowest BCUT2D eigenvalue weighted by molar-refractivity contribution is 0.0868. The lowest BCUT2D eigenvalue weighted by atomic mass is 10.1. The van der Waals surface area contributed by atoms with Crippen LogP contribution in [0.2, 0.25) is 0 Å². The Kier molecular flexibility index (Phi) is 3.43. The van der Waals surface area contributed by atoms with E-state index in [1.807, 2.05) is 0 Å². The first-order chi connectivity index (χ1) is 8.52. The van der Waals surface area contributed by atoms with E-state index in [0.29, 0.717) is 30.3 Å². The molecule has 2 rings (SSSR count). The molecule has 1 amide bonds. The molecule has 0 aliphatic carbocycles. The Labute approximate surface area is 106 Å². The van der Waals surface area contributed by atoms with Gasteiger partial charge in [0.1, 0.15) is 13.2 Å². The van der Waals surface area contributed by atoms with Gasteiger partial charge in [0.25, 0.3) is 5.91 Å². The topological polar surface area (TPSA) is 67.8 Å². The van der Waals surface area contributed by atoms with Gasteiger partial charge in [0.2, 0.25) is 0 Å². The van der Waals surface area contributed by atoms with Crippen molar-refractivity contribution in [2.45, 2.75) is 19.4 Å². The van der Waals surface area contributed by atoms with Crippen molar-refractivity contribution in [2.75, 3.05) is 19.8 Å². The van der Waals surface area contributed by atoms with Crippen LogP contribution >= 0.6 is 0 Å². The molecule has 1 heterocycles. The third-order valence-corrected chi connectivity index (χ3v) is 2.65. The number of benzene rings is 1. The fraction of sp³-hybridized carbons (Fsp3) is 0.462. The first-order valence-electron chi connectivity index (χ1n) is 5.85. The van der Waals surface area contributed by atoms with E-state index < -0.39 is 5.54 Å². The van der Waals surface area contributed by atoms with Crippen LogP contribution in [-0.4, -0.2) is 36.4 Å². The lowest BCUT2D eigenvalue weighted by Crippen LogP contribution is -2.46. The van der Waals surface area contributed by atoms with Gasteiger partial charge in [-0.2, -0.15) is 0 Å². The van der Waals surface area contributed by atoms with E-state index in [2.05, 4.69) is 5.32 Å². The SMILES string of the molecule is CC(C)(CO)NC(=O)c1ccc2c(c1)OCCO2. The fourth-order valence-electron chi connectivity index (χ4n) is 1.60. The number of amides is 1. The normalized spacial score (nSPS) is 14.2. The van der Waals surface area contributed by atoms with Crippen LogP contribution in [0.25, 0.3) is 0 Å². The zero-order valence-corrected chi connectivity index (χ0v) is 10.5. The van der Waals surface area contributed by atoms with Gasteiger partial charge in [-0.15, -0.1) is 0 Å². The van der Waals surface area contributed by atoms with Crippen molar-refractivity contribution >= 4 is 5.91 Å². The summed E-state index contributed by atoms with van der Waals surface area (Å²) >= 11 is 0. The number of fused-ring (bicyclic) bond motifs is 1. The molecule has 0 saturated heterocycles. The third kappa shape index (κ3) is 2.73. The van der Waals surface area contributed by atoms with Gasteiger partial charge in [-0.25, -0.2) is 0 Å². The summed E-state index contributed by atoms with van der Waals surface area (Å²) in [5, 5.41) is 11.9. The second kappa shape index (κ2) is 4.86. The predicted octanol–water partition coefficient (Wildman–Crippen LogP) is 0.959. The van der Waals surface area contributed by atoms with Crippen LogP contribution in [-0.2, 0) is 0 Å². The highest BCUT2D eigenvalue weighted by atomic mass is 16.6. The van der Waals surface area contributed by atoms with Gasteiger partial charge in [-0.3, -0.25) is 4.79 Å². The van der Waals surface area contributed by atoms with E-state index in [0.717, 1.165) is 0 Å². The molecule has 98 valence electrons. The summed E-state index contributed by atoms with van der Waals surface area (Å²) in [4.78, 5) is 12.0. The molecular weight excluding hydrogens is 234 g/mol. The number of aliphatic hydroxyl groups excluding tert-OH is 1. The average molecular weight is 251 g/mol. The van der Waals surface area contributed by atoms with E-state index in [1.165, 1.54) is 0 Å². The molecule has 1 aromatic carbocycles.